The maximum atomic E-state index is 13.5. The number of rotatable bonds is 11. The molecule has 2 aliphatic rings. The van der Waals surface area contributed by atoms with E-state index in [4.69, 9.17) is 15.2 Å². The summed E-state index contributed by atoms with van der Waals surface area (Å²) in [7, 11) is 1.28. The first-order valence-electron chi connectivity index (χ1n) is 17.9. The molecule has 0 aliphatic carbocycles. The number of nitrogens with one attached hydrogen (secondary N) is 3. The van der Waals surface area contributed by atoms with E-state index in [0.29, 0.717) is 36.3 Å². The lowest BCUT2D eigenvalue weighted by Gasteiger charge is -2.30. The van der Waals surface area contributed by atoms with Gasteiger partial charge in [0, 0.05) is 36.6 Å². The summed E-state index contributed by atoms with van der Waals surface area (Å²) in [5.74, 6) is 1.09. The van der Waals surface area contributed by atoms with E-state index in [1.54, 1.807) is 34.6 Å². The third-order valence-corrected chi connectivity index (χ3v) is 9.79. The zero-order chi connectivity index (χ0) is 37.8. The van der Waals surface area contributed by atoms with E-state index >= 15 is 0 Å². The third kappa shape index (κ3) is 8.00. The fourth-order valence-corrected chi connectivity index (χ4v) is 6.99. The molecule has 4 aromatic rings. The highest BCUT2D eigenvalue weighted by molar-refractivity contribution is 5.86. The number of ether oxygens (including phenoxy) is 2. The van der Waals surface area contributed by atoms with Gasteiger partial charge in [0.15, 0.2) is 11.9 Å². The quantitative estimate of drug-likeness (QED) is 0.166. The zero-order valence-corrected chi connectivity index (χ0v) is 30.5. The van der Waals surface area contributed by atoms with Gasteiger partial charge in [-0.15, -0.1) is 0 Å². The van der Waals surface area contributed by atoms with E-state index in [2.05, 4.69) is 35.2 Å². The molecule has 4 amide bonds. The third-order valence-electron chi connectivity index (χ3n) is 9.79. The normalized spacial score (nSPS) is 18.3. The predicted molar refractivity (Wildman–Crippen MR) is 193 cm³/mol. The Labute approximate surface area is 307 Å². The van der Waals surface area contributed by atoms with Crippen LogP contribution in [0.4, 0.5) is 9.59 Å². The van der Waals surface area contributed by atoms with Gasteiger partial charge in [-0.05, 0) is 43.1 Å². The van der Waals surface area contributed by atoms with Crippen molar-refractivity contribution >= 4 is 24.0 Å². The van der Waals surface area contributed by atoms with E-state index in [0.717, 1.165) is 48.1 Å². The van der Waals surface area contributed by atoms with Crippen LogP contribution in [0.1, 0.15) is 77.1 Å². The number of likely N-dealkylation sites (tertiary alicyclic amines) is 2. The van der Waals surface area contributed by atoms with Crippen molar-refractivity contribution in [2.24, 2.45) is 17.6 Å². The van der Waals surface area contributed by atoms with Gasteiger partial charge in [0.2, 0.25) is 5.91 Å². The summed E-state index contributed by atoms with van der Waals surface area (Å²) in [6, 6.07) is 6.59. The molecule has 6 rings (SSSR count). The standard InChI is InChI=1S/C37H46N10O6/c1-20(2)29(45-37(51)52-5)34(48)46-14-6-8-27(46)32-41-18-25(43-32)22-10-12-23(13-11-22)31-39-16-24(17-40-31)26-19-42-33(44-26)28-9-7-15-47(28)35(49)30(21(3)4)53-36(38)50/h10-13,16-21,27-30H,6-9,14-15H2,1-5H3,(H2,38,50)(H,41,43)(H,42,44)(H,45,51)/t27?,28-,29-,30-/m0/s1. The fourth-order valence-electron chi connectivity index (χ4n) is 6.99. The van der Waals surface area contributed by atoms with E-state index in [1.165, 1.54) is 7.11 Å². The van der Waals surface area contributed by atoms with E-state index in [9.17, 15) is 19.2 Å². The van der Waals surface area contributed by atoms with Gasteiger partial charge in [-0.3, -0.25) is 9.59 Å². The summed E-state index contributed by atoms with van der Waals surface area (Å²) < 4.78 is 9.89. The summed E-state index contributed by atoms with van der Waals surface area (Å²) in [5, 5.41) is 2.68. The van der Waals surface area contributed by atoms with E-state index < -0.39 is 24.3 Å². The Bertz CT molecular complexity index is 1920. The number of H-pyrrole nitrogens is 2. The molecule has 5 N–H and O–H groups in total. The maximum absolute atomic E-state index is 13.5. The molecular formula is C37H46N10O6. The van der Waals surface area contributed by atoms with Crippen molar-refractivity contribution in [1.82, 2.24) is 45.0 Å². The largest absolute Gasteiger partial charge is 0.453 e. The van der Waals surface area contributed by atoms with Crippen LogP contribution < -0.4 is 11.1 Å². The molecule has 2 aliphatic heterocycles. The number of carbonyl (C=O) groups excluding carboxylic acids is 4. The number of imidazole rings is 2. The number of hydrogen-bond acceptors (Lipinski definition) is 10. The summed E-state index contributed by atoms with van der Waals surface area (Å²) in [6.45, 7) is 8.50. The van der Waals surface area contributed by atoms with Gasteiger partial charge >= 0.3 is 12.2 Å². The molecule has 0 spiro atoms. The van der Waals surface area contributed by atoms with Crippen molar-refractivity contribution in [1.29, 1.82) is 0 Å². The summed E-state index contributed by atoms with van der Waals surface area (Å²) in [6.07, 6.45) is 7.45. The molecule has 4 atom stereocenters. The van der Waals surface area contributed by atoms with Crippen molar-refractivity contribution in [3.05, 3.63) is 60.7 Å². The number of alkyl carbamates (subject to hydrolysis) is 1. The van der Waals surface area contributed by atoms with Crippen LogP contribution in [0.15, 0.2) is 49.1 Å². The fraction of sp³-hybridized carbons (Fsp3) is 0.459. The molecule has 1 unspecified atom stereocenters. The number of nitrogens with zero attached hydrogens (tertiary/aromatic N) is 6. The van der Waals surface area contributed by atoms with Crippen molar-refractivity contribution < 1.29 is 28.7 Å². The average Bonchev–Trinajstić information content (AvgIpc) is 3.98. The molecular weight excluding hydrogens is 680 g/mol. The van der Waals surface area contributed by atoms with Crippen LogP contribution in [0, 0.1) is 11.8 Å². The number of aromatic nitrogens is 6. The topological polar surface area (TPSA) is 214 Å². The molecule has 3 aromatic heterocycles. The minimum atomic E-state index is -0.977. The predicted octanol–water partition coefficient (Wildman–Crippen LogP) is 4.75. The maximum Gasteiger partial charge on any atom is 0.407 e. The van der Waals surface area contributed by atoms with Gasteiger partial charge in [-0.2, -0.15) is 0 Å². The summed E-state index contributed by atoms with van der Waals surface area (Å²) in [4.78, 5) is 78.8. The SMILES string of the molecule is COC(=O)N[C@H](C(=O)N1CCCC1c1ncc(-c2ccc(-c3ncc(-c4cnc([C@@H]5CCCN5C(=O)[C@@H](OC(N)=O)C(C)C)[nH]4)cn3)cc2)[nH]1)C(C)C. The van der Waals surface area contributed by atoms with Crippen LogP contribution >= 0.6 is 0 Å². The van der Waals surface area contributed by atoms with Gasteiger partial charge < -0.3 is 40.3 Å². The Kier molecular flexibility index (Phi) is 11.0. The Hall–Kier alpha value is -5.80. The molecule has 280 valence electrons. The van der Waals surface area contributed by atoms with Crippen molar-refractivity contribution in [2.75, 3.05) is 20.2 Å². The average molecular weight is 727 g/mol. The molecule has 0 saturated carbocycles. The molecule has 2 saturated heterocycles. The van der Waals surface area contributed by atoms with Crippen LogP contribution in [-0.4, -0.2) is 96.0 Å². The van der Waals surface area contributed by atoms with Crippen LogP contribution in [0.2, 0.25) is 0 Å². The van der Waals surface area contributed by atoms with E-state index in [1.807, 2.05) is 52.0 Å². The number of amides is 4. The number of benzene rings is 1. The summed E-state index contributed by atoms with van der Waals surface area (Å²) in [5.41, 5.74) is 9.24. The second-order valence-corrected chi connectivity index (χ2v) is 14.1. The lowest BCUT2D eigenvalue weighted by molar-refractivity contribution is -0.143. The van der Waals surface area contributed by atoms with Gasteiger partial charge in [-0.1, -0.05) is 52.0 Å². The van der Waals surface area contributed by atoms with Crippen molar-refractivity contribution in [2.45, 2.75) is 77.6 Å². The van der Waals surface area contributed by atoms with Gasteiger partial charge in [0.25, 0.3) is 5.91 Å². The minimum absolute atomic E-state index is 0.116. The lowest BCUT2D eigenvalue weighted by atomic mass is 10.0. The van der Waals surface area contributed by atoms with Gasteiger partial charge in [0.1, 0.15) is 17.7 Å². The number of methoxy groups -OCH3 is 1. The molecule has 16 heteroatoms. The van der Waals surface area contributed by atoms with Crippen LogP contribution in [-0.2, 0) is 19.1 Å². The first-order valence-corrected chi connectivity index (χ1v) is 17.9. The Balaban J connectivity index is 1.11. The molecule has 53 heavy (non-hydrogen) atoms. The van der Waals surface area contributed by atoms with E-state index in [-0.39, 0.29) is 35.7 Å². The Morgan fingerprint density at radius 3 is 1.79 bits per heavy atom. The molecule has 1 aromatic carbocycles. The first-order chi connectivity index (χ1) is 25.4. The van der Waals surface area contributed by atoms with Crippen LogP contribution in [0.5, 0.6) is 0 Å². The van der Waals surface area contributed by atoms with Crippen molar-refractivity contribution in [3.8, 4) is 33.9 Å². The smallest absolute Gasteiger partial charge is 0.407 e. The molecule has 0 radical (unpaired) electrons. The minimum Gasteiger partial charge on any atom is -0.453 e. The zero-order valence-electron chi connectivity index (χ0n) is 30.5. The number of carbonyl (C=O) groups is 4. The molecule has 5 heterocycles. The first kappa shape index (κ1) is 37.0. The highest BCUT2D eigenvalue weighted by Crippen LogP contribution is 2.35. The second-order valence-electron chi connectivity index (χ2n) is 14.1. The number of nitrogens with two attached hydrogens (primary N) is 1. The molecule has 0 bridgehead atoms. The number of hydrogen-bond donors (Lipinski definition) is 4. The monoisotopic (exact) mass is 726 g/mol. The number of aromatic amines is 2. The lowest BCUT2D eigenvalue weighted by Crippen LogP contribution is -2.51. The summed E-state index contributed by atoms with van der Waals surface area (Å²) >= 11 is 0. The number of primary amides is 1. The van der Waals surface area contributed by atoms with Gasteiger partial charge in [0.05, 0.1) is 43.0 Å². The Morgan fingerprint density at radius 2 is 1.28 bits per heavy atom. The second kappa shape index (κ2) is 15.8. The van der Waals surface area contributed by atoms with Crippen LogP contribution in [0.3, 0.4) is 0 Å². The van der Waals surface area contributed by atoms with Gasteiger partial charge in [-0.25, -0.2) is 29.5 Å². The molecule has 2 fully saturated rings. The Morgan fingerprint density at radius 1 is 0.755 bits per heavy atom. The van der Waals surface area contributed by atoms with Crippen molar-refractivity contribution in [3.63, 3.8) is 0 Å². The molecule has 16 nitrogen and oxygen atoms in total. The van der Waals surface area contributed by atoms with Crippen LogP contribution in [0.25, 0.3) is 33.9 Å². The highest BCUT2D eigenvalue weighted by atomic mass is 16.6. The highest BCUT2D eigenvalue weighted by Gasteiger charge is 2.39.